The molecule has 0 fully saturated rings. The third-order valence-corrected chi connectivity index (χ3v) is 3.40. The molecule has 0 bridgehead atoms. The Morgan fingerprint density at radius 1 is 0.960 bits per heavy atom. The van der Waals surface area contributed by atoms with Gasteiger partial charge in [0.15, 0.2) is 6.61 Å². The van der Waals surface area contributed by atoms with Crippen molar-refractivity contribution in [1.82, 2.24) is 0 Å². The second-order valence-electron chi connectivity index (χ2n) is 5.44. The lowest BCUT2D eigenvalue weighted by molar-refractivity contribution is -0.118. The number of benzene rings is 2. The highest BCUT2D eigenvalue weighted by Gasteiger charge is 2.08. The largest absolute Gasteiger partial charge is 0.493 e. The van der Waals surface area contributed by atoms with Gasteiger partial charge in [-0.15, -0.1) is 0 Å². The van der Waals surface area contributed by atoms with Crippen molar-refractivity contribution in [2.24, 2.45) is 0 Å². The number of ether oxygens (including phenoxy) is 3. The third kappa shape index (κ3) is 6.37. The first-order chi connectivity index (χ1) is 12.2. The first-order valence-corrected chi connectivity index (χ1v) is 8.60. The van der Waals surface area contributed by atoms with Gasteiger partial charge in [0.05, 0.1) is 18.9 Å². The molecule has 1 amide bonds. The molecular weight excluding hydrogens is 318 g/mol. The van der Waals surface area contributed by atoms with Gasteiger partial charge in [0.1, 0.15) is 17.2 Å². The molecule has 134 valence electrons. The van der Waals surface area contributed by atoms with Gasteiger partial charge < -0.3 is 19.5 Å². The van der Waals surface area contributed by atoms with Crippen molar-refractivity contribution in [2.75, 3.05) is 25.1 Å². The molecule has 0 aliphatic heterocycles. The van der Waals surface area contributed by atoms with Crippen LogP contribution in [0.25, 0.3) is 0 Å². The van der Waals surface area contributed by atoms with Gasteiger partial charge in [-0.2, -0.15) is 0 Å². The lowest BCUT2D eigenvalue weighted by Crippen LogP contribution is -2.20. The molecule has 0 aliphatic carbocycles. The van der Waals surface area contributed by atoms with Gasteiger partial charge >= 0.3 is 0 Å². The number of anilines is 1. The van der Waals surface area contributed by atoms with Crippen LogP contribution in [0.5, 0.6) is 17.2 Å². The molecule has 0 saturated carbocycles. The minimum absolute atomic E-state index is 0.0845. The fourth-order valence-electron chi connectivity index (χ4n) is 2.17. The van der Waals surface area contributed by atoms with Gasteiger partial charge in [0.25, 0.3) is 5.91 Å². The summed E-state index contributed by atoms with van der Waals surface area (Å²) in [5, 5.41) is 2.80. The number of hydrogen-bond acceptors (Lipinski definition) is 4. The van der Waals surface area contributed by atoms with Crippen LogP contribution in [-0.2, 0) is 4.79 Å². The summed E-state index contributed by atoms with van der Waals surface area (Å²) in [5.41, 5.74) is 0.634. The zero-order valence-electron chi connectivity index (χ0n) is 14.8. The highest BCUT2D eigenvalue weighted by molar-refractivity contribution is 5.93. The molecule has 0 unspecified atom stereocenters. The van der Waals surface area contributed by atoms with E-state index in [9.17, 15) is 4.79 Å². The van der Waals surface area contributed by atoms with Gasteiger partial charge in [0.2, 0.25) is 0 Å². The molecule has 1 N–H and O–H groups in total. The van der Waals surface area contributed by atoms with E-state index < -0.39 is 0 Å². The maximum absolute atomic E-state index is 12.1. The smallest absolute Gasteiger partial charge is 0.262 e. The number of nitrogens with one attached hydrogen (secondary N) is 1. The summed E-state index contributed by atoms with van der Waals surface area (Å²) < 4.78 is 16.7. The molecule has 0 aliphatic rings. The molecular formula is C20H25NO4. The summed E-state index contributed by atoms with van der Waals surface area (Å²) in [6.45, 7) is 5.14. The first-order valence-electron chi connectivity index (χ1n) is 8.60. The van der Waals surface area contributed by atoms with Gasteiger partial charge in [-0.3, -0.25) is 4.79 Å². The molecule has 0 saturated heterocycles. The standard InChI is InChI=1S/C20H25NO4/c1-3-5-13-24-16-9-8-10-17(14-16)25-15-20(22)21-18-11-6-7-12-19(18)23-4-2/h6-12,14H,3-5,13,15H2,1-2H3,(H,21,22). The van der Waals surface area contributed by atoms with E-state index in [1.54, 1.807) is 18.2 Å². The van der Waals surface area contributed by atoms with Crippen molar-refractivity contribution >= 4 is 11.6 Å². The molecule has 0 atom stereocenters. The Bertz CT molecular complexity index is 672. The summed E-state index contributed by atoms with van der Waals surface area (Å²) >= 11 is 0. The highest BCUT2D eigenvalue weighted by atomic mass is 16.5. The lowest BCUT2D eigenvalue weighted by atomic mass is 10.3. The Hall–Kier alpha value is -2.69. The van der Waals surface area contributed by atoms with Crippen LogP contribution in [0.15, 0.2) is 48.5 Å². The van der Waals surface area contributed by atoms with Crippen molar-refractivity contribution in [3.63, 3.8) is 0 Å². The van der Waals surface area contributed by atoms with E-state index in [2.05, 4.69) is 12.2 Å². The van der Waals surface area contributed by atoms with Crippen LogP contribution in [0.3, 0.4) is 0 Å². The number of carbonyl (C=O) groups is 1. The van der Waals surface area contributed by atoms with E-state index in [0.29, 0.717) is 30.4 Å². The average molecular weight is 343 g/mol. The van der Waals surface area contributed by atoms with E-state index in [1.807, 2.05) is 37.3 Å². The minimum atomic E-state index is -0.246. The second kappa shape index (κ2) is 10.2. The molecule has 0 radical (unpaired) electrons. The van der Waals surface area contributed by atoms with E-state index in [4.69, 9.17) is 14.2 Å². The second-order valence-corrected chi connectivity index (χ2v) is 5.44. The van der Waals surface area contributed by atoms with Crippen LogP contribution in [0, 0.1) is 0 Å². The topological polar surface area (TPSA) is 56.8 Å². The van der Waals surface area contributed by atoms with Gasteiger partial charge in [-0.05, 0) is 37.6 Å². The molecule has 0 aromatic heterocycles. The maximum atomic E-state index is 12.1. The molecule has 25 heavy (non-hydrogen) atoms. The molecule has 5 heteroatoms. The van der Waals surface area contributed by atoms with Crippen LogP contribution in [0.2, 0.25) is 0 Å². The van der Waals surface area contributed by atoms with Gasteiger partial charge in [-0.1, -0.05) is 31.5 Å². The Kier molecular flexibility index (Phi) is 7.63. The molecule has 2 rings (SSSR count). The first kappa shape index (κ1) is 18.6. The summed E-state index contributed by atoms with van der Waals surface area (Å²) in [5.74, 6) is 1.74. The summed E-state index contributed by atoms with van der Waals surface area (Å²) in [4.78, 5) is 12.1. The summed E-state index contributed by atoms with van der Waals surface area (Å²) in [7, 11) is 0. The van der Waals surface area contributed by atoms with Crippen LogP contribution in [-0.4, -0.2) is 25.7 Å². The Labute approximate surface area is 148 Å². The van der Waals surface area contributed by atoms with Crippen molar-refractivity contribution in [3.8, 4) is 17.2 Å². The van der Waals surface area contributed by atoms with Gasteiger partial charge in [-0.25, -0.2) is 0 Å². The molecule has 2 aromatic rings. The average Bonchev–Trinajstić information content (AvgIpc) is 2.62. The predicted octanol–water partition coefficient (Wildman–Crippen LogP) is 4.28. The highest BCUT2D eigenvalue weighted by Crippen LogP contribution is 2.24. The van der Waals surface area contributed by atoms with Crippen LogP contribution in [0.4, 0.5) is 5.69 Å². The Morgan fingerprint density at radius 3 is 2.48 bits per heavy atom. The molecule has 0 heterocycles. The lowest BCUT2D eigenvalue weighted by Gasteiger charge is -2.12. The van der Waals surface area contributed by atoms with Crippen LogP contribution >= 0.6 is 0 Å². The van der Waals surface area contributed by atoms with Crippen molar-refractivity contribution in [1.29, 1.82) is 0 Å². The van der Waals surface area contributed by atoms with Crippen molar-refractivity contribution in [3.05, 3.63) is 48.5 Å². The number of rotatable bonds is 10. The minimum Gasteiger partial charge on any atom is -0.493 e. The van der Waals surface area contributed by atoms with E-state index in [-0.39, 0.29) is 12.5 Å². The number of para-hydroxylation sites is 2. The SMILES string of the molecule is CCCCOc1cccc(OCC(=O)Nc2ccccc2OCC)c1. The Morgan fingerprint density at radius 2 is 1.72 bits per heavy atom. The summed E-state index contributed by atoms with van der Waals surface area (Å²) in [6.07, 6.45) is 2.09. The van der Waals surface area contributed by atoms with Crippen LogP contribution < -0.4 is 19.5 Å². The zero-order valence-corrected chi connectivity index (χ0v) is 14.8. The van der Waals surface area contributed by atoms with Crippen molar-refractivity contribution < 1.29 is 19.0 Å². The maximum Gasteiger partial charge on any atom is 0.262 e. The summed E-state index contributed by atoms with van der Waals surface area (Å²) in [6, 6.07) is 14.6. The van der Waals surface area contributed by atoms with E-state index in [1.165, 1.54) is 0 Å². The fourth-order valence-corrected chi connectivity index (χ4v) is 2.17. The zero-order chi connectivity index (χ0) is 17.9. The normalized spacial score (nSPS) is 10.2. The number of carbonyl (C=O) groups excluding carboxylic acids is 1. The third-order valence-electron chi connectivity index (χ3n) is 3.40. The monoisotopic (exact) mass is 343 g/mol. The number of hydrogen-bond donors (Lipinski definition) is 1. The predicted molar refractivity (Wildman–Crippen MR) is 98.6 cm³/mol. The number of amides is 1. The molecule has 5 nitrogen and oxygen atoms in total. The van der Waals surface area contributed by atoms with Gasteiger partial charge in [0, 0.05) is 6.07 Å². The van der Waals surface area contributed by atoms with Crippen molar-refractivity contribution in [2.45, 2.75) is 26.7 Å². The van der Waals surface area contributed by atoms with E-state index >= 15 is 0 Å². The van der Waals surface area contributed by atoms with Crippen LogP contribution in [0.1, 0.15) is 26.7 Å². The molecule has 2 aromatic carbocycles. The quantitative estimate of drug-likeness (QED) is 0.654. The Balaban J connectivity index is 1.87. The van der Waals surface area contributed by atoms with E-state index in [0.717, 1.165) is 18.6 Å². The molecule has 0 spiro atoms. The fraction of sp³-hybridized carbons (Fsp3) is 0.350. The number of unbranched alkanes of at least 4 members (excludes halogenated alkanes) is 1.